The first-order valence-electron chi connectivity index (χ1n) is 5.02. The van der Waals surface area contributed by atoms with Crippen LogP contribution in [0.3, 0.4) is 0 Å². The van der Waals surface area contributed by atoms with Crippen LogP contribution in [0.25, 0.3) is 0 Å². The van der Waals surface area contributed by atoms with Crippen LogP contribution in [0.15, 0.2) is 18.2 Å². The maximum atomic E-state index is 6.16. The summed E-state index contributed by atoms with van der Waals surface area (Å²) in [6.07, 6.45) is 0. The zero-order valence-corrected chi connectivity index (χ0v) is 12.2. The normalized spacial score (nSPS) is 15.4. The molecule has 1 aromatic carbocycles. The molecule has 1 rings (SSSR count). The van der Waals surface area contributed by atoms with Gasteiger partial charge in [0, 0.05) is 14.9 Å². The highest BCUT2D eigenvalue weighted by Gasteiger charge is 2.21. The fourth-order valence-corrected chi connectivity index (χ4v) is 2.37. The highest BCUT2D eigenvalue weighted by molar-refractivity contribution is 9.09. The van der Waals surface area contributed by atoms with E-state index >= 15 is 0 Å². The SMILES string of the molecule is CC(C)C(Br)C(C)c1cc(Cl)ccc1Cl. The van der Waals surface area contributed by atoms with E-state index in [1.165, 1.54) is 0 Å². The Morgan fingerprint density at radius 3 is 2.27 bits per heavy atom. The second kappa shape index (κ2) is 5.56. The Balaban J connectivity index is 2.99. The van der Waals surface area contributed by atoms with E-state index in [1.54, 1.807) is 0 Å². The Morgan fingerprint density at radius 1 is 1.13 bits per heavy atom. The van der Waals surface area contributed by atoms with Gasteiger partial charge < -0.3 is 0 Å². The zero-order chi connectivity index (χ0) is 11.6. The molecule has 0 aromatic heterocycles. The first-order chi connectivity index (χ1) is 6.93. The lowest BCUT2D eigenvalue weighted by molar-refractivity contribution is 0.550. The lowest BCUT2D eigenvalue weighted by Crippen LogP contribution is -2.16. The van der Waals surface area contributed by atoms with Crippen LogP contribution in [0.1, 0.15) is 32.3 Å². The molecular formula is C12H15BrCl2. The Kier molecular flexibility index (Phi) is 4.95. The molecule has 0 saturated heterocycles. The molecule has 0 fully saturated rings. The van der Waals surface area contributed by atoms with Crippen molar-refractivity contribution < 1.29 is 0 Å². The van der Waals surface area contributed by atoms with Crippen LogP contribution in [0.4, 0.5) is 0 Å². The predicted molar refractivity (Wildman–Crippen MR) is 72.4 cm³/mol. The Morgan fingerprint density at radius 2 is 1.73 bits per heavy atom. The van der Waals surface area contributed by atoms with Crippen LogP contribution in [-0.4, -0.2) is 4.83 Å². The van der Waals surface area contributed by atoms with E-state index < -0.39 is 0 Å². The number of benzene rings is 1. The Bertz CT molecular complexity index is 336. The standard InChI is InChI=1S/C12H15BrCl2/c1-7(2)12(13)8(3)10-6-9(14)4-5-11(10)15/h4-8,12H,1-3H3. The van der Waals surface area contributed by atoms with Gasteiger partial charge in [0.15, 0.2) is 0 Å². The molecule has 0 amide bonds. The van der Waals surface area contributed by atoms with Gasteiger partial charge in [-0.15, -0.1) is 0 Å². The number of rotatable bonds is 3. The number of alkyl halides is 1. The second-order valence-corrected chi connectivity index (χ2v) is 6.04. The maximum Gasteiger partial charge on any atom is 0.0442 e. The summed E-state index contributed by atoms with van der Waals surface area (Å²) in [7, 11) is 0. The molecular weight excluding hydrogens is 295 g/mol. The predicted octanol–water partition coefficient (Wildman–Crippen LogP) is 5.52. The van der Waals surface area contributed by atoms with Crippen molar-refractivity contribution in [3.8, 4) is 0 Å². The molecule has 0 aliphatic heterocycles. The third-order valence-corrected chi connectivity index (χ3v) is 4.99. The molecule has 84 valence electrons. The van der Waals surface area contributed by atoms with Gasteiger partial charge in [-0.25, -0.2) is 0 Å². The van der Waals surface area contributed by atoms with Crippen molar-refractivity contribution in [2.24, 2.45) is 5.92 Å². The summed E-state index contributed by atoms with van der Waals surface area (Å²) >= 11 is 15.8. The molecule has 0 nitrogen and oxygen atoms in total. The zero-order valence-electron chi connectivity index (χ0n) is 9.10. The van der Waals surface area contributed by atoms with Gasteiger partial charge in [0.25, 0.3) is 0 Å². The summed E-state index contributed by atoms with van der Waals surface area (Å²) in [5.74, 6) is 0.922. The fourth-order valence-electron chi connectivity index (χ4n) is 1.61. The molecule has 0 N–H and O–H groups in total. The highest BCUT2D eigenvalue weighted by Crippen LogP contribution is 2.35. The van der Waals surface area contributed by atoms with Gasteiger partial charge in [-0.2, -0.15) is 0 Å². The summed E-state index contributed by atoms with van der Waals surface area (Å²) in [5.41, 5.74) is 1.11. The third-order valence-electron chi connectivity index (χ3n) is 2.56. The number of hydrogen-bond acceptors (Lipinski definition) is 0. The molecule has 15 heavy (non-hydrogen) atoms. The topological polar surface area (TPSA) is 0 Å². The molecule has 0 aliphatic carbocycles. The van der Waals surface area contributed by atoms with Gasteiger partial charge in [-0.3, -0.25) is 0 Å². The quantitative estimate of drug-likeness (QED) is 0.645. The summed E-state index contributed by atoms with van der Waals surface area (Å²) < 4.78 is 0. The largest absolute Gasteiger partial charge is 0.0881 e. The van der Waals surface area contributed by atoms with Crippen LogP contribution in [-0.2, 0) is 0 Å². The van der Waals surface area contributed by atoms with E-state index in [0.717, 1.165) is 15.6 Å². The molecule has 0 saturated carbocycles. The summed E-state index contributed by atoms with van der Waals surface area (Å²) in [6.45, 7) is 6.54. The van der Waals surface area contributed by atoms with Gasteiger partial charge in [0.2, 0.25) is 0 Å². The Labute approximate surface area is 110 Å². The number of hydrogen-bond donors (Lipinski definition) is 0. The molecule has 1 aromatic rings. The van der Waals surface area contributed by atoms with E-state index in [1.807, 2.05) is 18.2 Å². The van der Waals surface area contributed by atoms with Crippen molar-refractivity contribution in [3.63, 3.8) is 0 Å². The van der Waals surface area contributed by atoms with Crippen LogP contribution in [0.5, 0.6) is 0 Å². The second-order valence-electron chi connectivity index (χ2n) is 4.14. The monoisotopic (exact) mass is 308 g/mol. The molecule has 2 atom stereocenters. The van der Waals surface area contributed by atoms with Gasteiger partial charge in [0.05, 0.1) is 0 Å². The maximum absolute atomic E-state index is 6.16. The van der Waals surface area contributed by atoms with Crippen molar-refractivity contribution >= 4 is 39.1 Å². The molecule has 0 bridgehead atoms. The van der Waals surface area contributed by atoms with Crippen molar-refractivity contribution in [1.29, 1.82) is 0 Å². The van der Waals surface area contributed by atoms with Crippen molar-refractivity contribution in [2.45, 2.75) is 31.5 Å². The first-order valence-corrected chi connectivity index (χ1v) is 6.69. The molecule has 3 heteroatoms. The molecule has 0 heterocycles. The van der Waals surface area contributed by atoms with Gasteiger partial charge in [-0.1, -0.05) is 59.9 Å². The minimum Gasteiger partial charge on any atom is -0.0881 e. The van der Waals surface area contributed by atoms with Gasteiger partial charge in [-0.05, 0) is 35.6 Å². The highest BCUT2D eigenvalue weighted by atomic mass is 79.9. The molecule has 0 spiro atoms. The molecule has 0 aliphatic rings. The summed E-state index contributed by atoms with van der Waals surface area (Å²) in [5, 5.41) is 1.53. The molecule has 2 unspecified atom stereocenters. The fraction of sp³-hybridized carbons (Fsp3) is 0.500. The lowest BCUT2D eigenvalue weighted by Gasteiger charge is -2.23. The van der Waals surface area contributed by atoms with Crippen LogP contribution in [0.2, 0.25) is 10.0 Å². The smallest absolute Gasteiger partial charge is 0.0442 e. The van der Waals surface area contributed by atoms with Crippen molar-refractivity contribution in [3.05, 3.63) is 33.8 Å². The van der Waals surface area contributed by atoms with Gasteiger partial charge in [0.1, 0.15) is 0 Å². The van der Waals surface area contributed by atoms with Crippen molar-refractivity contribution in [2.75, 3.05) is 0 Å². The third kappa shape index (κ3) is 3.37. The minimum atomic E-state index is 0.358. The van der Waals surface area contributed by atoms with Crippen LogP contribution in [0, 0.1) is 5.92 Å². The van der Waals surface area contributed by atoms with Crippen LogP contribution >= 0.6 is 39.1 Å². The van der Waals surface area contributed by atoms with E-state index in [4.69, 9.17) is 23.2 Å². The summed E-state index contributed by atoms with van der Waals surface area (Å²) in [4.78, 5) is 0.411. The lowest BCUT2D eigenvalue weighted by atomic mass is 9.92. The molecule has 0 radical (unpaired) electrons. The van der Waals surface area contributed by atoms with E-state index in [2.05, 4.69) is 36.7 Å². The first kappa shape index (κ1) is 13.3. The Hall–Kier alpha value is 0.280. The number of halogens is 3. The average molecular weight is 310 g/mol. The van der Waals surface area contributed by atoms with Crippen LogP contribution < -0.4 is 0 Å². The van der Waals surface area contributed by atoms with E-state index in [0.29, 0.717) is 16.7 Å². The summed E-state index contributed by atoms with van der Waals surface area (Å²) in [6, 6.07) is 5.62. The van der Waals surface area contributed by atoms with E-state index in [9.17, 15) is 0 Å². The van der Waals surface area contributed by atoms with Crippen molar-refractivity contribution in [1.82, 2.24) is 0 Å². The van der Waals surface area contributed by atoms with Gasteiger partial charge >= 0.3 is 0 Å². The average Bonchev–Trinajstić information content (AvgIpc) is 2.19. The van der Waals surface area contributed by atoms with E-state index in [-0.39, 0.29) is 0 Å². The minimum absolute atomic E-state index is 0.358.